The maximum Gasteiger partial charge on any atom is 0.250 e. The summed E-state index contributed by atoms with van der Waals surface area (Å²) in [6, 6.07) is 12.9. The minimum atomic E-state index is -0.274. The molecule has 3 aromatic rings. The number of carbonyl (C=O) groups is 1. The zero-order valence-corrected chi connectivity index (χ0v) is 17.2. The van der Waals surface area contributed by atoms with E-state index in [9.17, 15) is 4.79 Å². The third-order valence-corrected chi connectivity index (χ3v) is 5.10. The summed E-state index contributed by atoms with van der Waals surface area (Å²) in [5.74, 6) is 1.03. The van der Waals surface area contributed by atoms with Gasteiger partial charge in [0.2, 0.25) is 5.91 Å². The van der Waals surface area contributed by atoms with Crippen LogP contribution in [0.2, 0.25) is 5.02 Å². The van der Waals surface area contributed by atoms with E-state index in [1.54, 1.807) is 26.4 Å². The van der Waals surface area contributed by atoms with Gasteiger partial charge in [-0.2, -0.15) is 0 Å². The lowest BCUT2D eigenvalue weighted by Gasteiger charge is -2.07. The van der Waals surface area contributed by atoms with E-state index >= 15 is 0 Å². The van der Waals surface area contributed by atoms with E-state index in [1.807, 2.05) is 43.3 Å². The van der Waals surface area contributed by atoms with Crippen LogP contribution in [0.5, 0.6) is 11.5 Å². The molecule has 1 amide bonds. The Morgan fingerprint density at radius 1 is 1.18 bits per heavy atom. The summed E-state index contributed by atoms with van der Waals surface area (Å²) in [7, 11) is 3.16. The molecule has 5 nitrogen and oxygen atoms in total. The van der Waals surface area contributed by atoms with Crippen LogP contribution in [-0.4, -0.2) is 25.1 Å². The van der Waals surface area contributed by atoms with E-state index in [1.165, 1.54) is 17.4 Å². The minimum Gasteiger partial charge on any atom is -0.497 e. The first-order valence-corrected chi connectivity index (χ1v) is 9.64. The summed E-state index contributed by atoms with van der Waals surface area (Å²) in [5, 5.41) is 3.98. The Labute approximate surface area is 172 Å². The standard InChI is InChI=1S/C21H19ClN2O3S/c1-13-20(15-5-4-6-16(22)11-15)24-21(28-13)23-19(25)10-8-14-7-9-17(26-2)12-18(14)27-3/h4-12H,1-3H3,(H,23,24,25). The number of rotatable bonds is 6. The zero-order chi connectivity index (χ0) is 20.1. The Morgan fingerprint density at radius 2 is 2.00 bits per heavy atom. The van der Waals surface area contributed by atoms with Gasteiger partial charge < -0.3 is 9.47 Å². The number of hydrogen-bond acceptors (Lipinski definition) is 5. The normalized spacial score (nSPS) is 10.9. The molecule has 2 aromatic carbocycles. The van der Waals surface area contributed by atoms with Crippen LogP contribution >= 0.6 is 22.9 Å². The van der Waals surface area contributed by atoms with Crippen molar-refractivity contribution in [2.24, 2.45) is 0 Å². The molecule has 1 aromatic heterocycles. The molecule has 0 aliphatic carbocycles. The van der Waals surface area contributed by atoms with E-state index in [0.717, 1.165) is 21.7 Å². The van der Waals surface area contributed by atoms with Gasteiger partial charge in [0.25, 0.3) is 0 Å². The molecule has 0 fully saturated rings. The highest BCUT2D eigenvalue weighted by atomic mass is 35.5. The summed E-state index contributed by atoms with van der Waals surface area (Å²) in [4.78, 5) is 17.8. The molecule has 1 heterocycles. The number of aryl methyl sites for hydroxylation is 1. The molecule has 0 unspecified atom stereocenters. The summed E-state index contributed by atoms with van der Waals surface area (Å²) in [5.41, 5.74) is 2.50. The van der Waals surface area contributed by atoms with Crippen LogP contribution in [0.15, 0.2) is 48.5 Å². The monoisotopic (exact) mass is 414 g/mol. The molecular weight excluding hydrogens is 396 g/mol. The molecule has 28 heavy (non-hydrogen) atoms. The van der Waals surface area contributed by atoms with E-state index in [2.05, 4.69) is 10.3 Å². The lowest BCUT2D eigenvalue weighted by atomic mass is 10.1. The fourth-order valence-electron chi connectivity index (χ4n) is 2.62. The van der Waals surface area contributed by atoms with Gasteiger partial charge in [-0.15, -0.1) is 11.3 Å². The van der Waals surface area contributed by atoms with Crippen molar-refractivity contribution in [1.82, 2.24) is 4.98 Å². The molecule has 1 N–H and O–H groups in total. The average Bonchev–Trinajstić information content (AvgIpc) is 3.06. The predicted octanol–water partition coefficient (Wildman–Crippen LogP) is 5.44. The lowest BCUT2D eigenvalue weighted by Crippen LogP contribution is -2.07. The highest BCUT2D eigenvalue weighted by Crippen LogP contribution is 2.31. The Hall–Kier alpha value is -2.83. The molecule has 0 atom stereocenters. The smallest absolute Gasteiger partial charge is 0.250 e. The maximum atomic E-state index is 12.3. The number of nitrogens with one attached hydrogen (secondary N) is 1. The van der Waals surface area contributed by atoms with Crippen molar-refractivity contribution >= 4 is 40.1 Å². The number of hydrogen-bond donors (Lipinski definition) is 1. The minimum absolute atomic E-state index is 0.274. The Balaban J connectivity index is 1.74. The van der Waals surface area contributed by atoms with Crippen LogP contribution in [0, 0.1) is 6.92 Å². The van der Waals surface area contributed by atoms with E-state index in [-0.39, 0.29) is 5.91 Å². The van der Waals surface area contributed by atoms with Crippen LogP contribution in [0.1, 0.15) is 10.4 Å². The lowest BCUT2D eigenvalue weighted by molar-refractivity contribution is -0.111. The molecule has 0 radical (unpaired) electrons. The van der Waals surface area contributed by atoms with Gasteiger partial charge in [0.05, 0.1) is 19.9 Å². The first-order chi connectivity index (χ1) is 13.5. The number of ether oxygens (including phenoxy) is 2. The van der Waals surface area contributed by atoms with Crippen LogP contribution in [0.3, 0.4) is 0 Å². The molecule has 0 bridgehead atoms. The predicted molar refractivity (Wildman–Crippen MR) is 115 cm³/mol. The van der Waals surface area contributed by atoms with Crippen molar-refractivity contribution in [2.45, 2.75) is 6.92 Å². The van der Waals surface area contributed by atoms with Crippen molar-refractivity contribution in [3.05, 3.63) is 64.0 Å². The number of anilines is 1. The van der Waals surface area contributed by atoms with Gasteiger partial charge in [0, 0.05) is 33.2 Å². The summed E-state index contributed by atoms with van der Waals surface area (Å²) in [6.45, 7) is 1.96. The number of halogens is 1. The Morgan fingerprint density at radius 3 is 2.71 bits per heavy atom. The SMILES string of the molecule is COc1ccc(C=CC(=O)Nc2nc(-c3cccc(Cl)c3)c(C)s2)c(OC)c1. The second kappa shape index (κ2) is 8.91. The van der Waals surface area contributed by atoms with Gasteiger partial charge >= 0.3 is 0 Å². The number of methoxy groups -OCH3 is 2. The maximum absolute atomic E-state index is 12.3. The van der Waals surface area contributed by atoms with Gasteiger partial charge in [-0.1, -0.05) is 23.7 Å². The van der Waals surface area contributed by atoms with Gasteiger partial charge in [-0.3, -0.25) is 10.1 Å². The first-order valence-electron chi connectivity index (χ1n) is 8.44. The molecule has 0 aliphatic heterocycles. The van der Waals surface area contributed by atoms with Gasteiger partial charge in [-0.05, 0) is 37.3 Å². The fourth-order valence-corrected chi connectivity index (χ4v) is 3.65. The van der Waals surface area contributed by atoms with Gasteiger partial charge in [0.15, 0.2) is 5.13 Å². The van der Waals surface area contributed by atoms with Gasteiger partial charge in [-0.25, -0.2) is 4.98 Å². The second-order valence-corrected chi connectivity index (χ2v) is 7.50. The quantitative estimate of drug-likeness (QED) is 0.545. The number of carbonyl (C=O) groups excluding carboxylic acids is 1. The summed E-state index contributed by atoms with van der Waals surface area (Å²) in [6.07, 6.45) is 3.13. The highest BCUT2D eigenvalue weighted by molar-refractivity contribution is 7.16. The third-order valence-electron chi connectivity index (χ3n) is 3.98. The number of nitrogens with zero attached hydrogens (tertiary/aromatic N) is 1. The molecule has 144 valence electrons. The zero-order valence-electron chi connectivity index (χ0n) is 15.7. The highest BCUT2D eigenvalue weighted by Gasteiger charge is 2.11. The third kappa shape index (κ3) is 4.71. The van der Waals surface area contributed by atoms with E-state index < -0.39 is 0 Å². The van der Waals surface area contributed by atoms with Crippen molar-refractivity contribution in [2.75, 3.05) is 19.5 Å². The van der Waals surface area contributed by atoms with Gasteiger partial charge in [0.1, 0.15) is 11.5 Å². The molecule has 0 spiro atoms. The van der Waals surface area contributed by atoms with Crippen molar-refractivity contribution in [3.63, 3.8) is 0 Å². The first kappa shape index (κ1) is 19.9. The number of amides is 1. The van der Waals surface area contributed by atoms with Crippen LogP contribution in [0.4, 0.5) is 5.13 Å². The molecule has 3 rings (SSSR count). The molecule has 7 heteroatoms. The Bertz CT molecular complexity index is 1030. The molecular formula is C21H19ClN2O3S. The van der Waals surface area contributed by atoms with Crippen LogP contribution in [-0.2, 0) is 4.79 Å². The average molecular weight is 415 g/mol. The number of benzene rings is 2. The largest absolute Gasteiger partial charge is 0.497 e. The van der Waals surface area contributed by atoms with Crippen LogP contribution < -0.4 is 14.8 Å². The molecule has 0 aliphatic rings. The summed E-state index contributed by atoms with van der Waals surface area (Å²) >= 11 is 7.48. The second-order valence-electron chi connectivity index (χ2n) is 5.86. The summed E-state index contributed by atoms with van der Waals surface area (Å²) < 4.78 is 10.5. The van der Waals surface area contributed by atoms with E-state index in [4.69, 9.17) is 21.1 Å². The Kier molecular flexibility index (Phi) is 6.34. The van der Waals surface area contributed by atoms with Crippen LogP contribution in [0.25, 0.3) is 17.3 Å². The molecule has 0 saturated heterocycles. The van der Waals surface area contributed by atoms with E-state index in [0.29, 0.717) is 21.7 Å². The number of aromatic nitrogens is 1. The fraction of sp³-hybridized carbons (Fsp3) is 0.143. The number of thiazole rings is 1. The van der Waals surface area contributed by atoms with Crippen molar-refractivity contribution in [3.8, 4) is 22.8 Å². The topological polar surface area (TPSA) is 60.5 Å². The van der Waals surface area contributed by atoms with Crippen molar-refractivity contribution < 1.29 is 14.3 Å². The van der Waals surface area contributed by atoms with Crippen molar-refractivity contribution in [1.29, 1.82) is 0 Å². The molecule has 0 saturated carbocycles.